The van der Waals surface area contributed by atoms with Gasteiger partial charge >= 0.3 is 0 Å². The van der Waals surface area contributed by atoms with Gasteiger partial charge in [-0.15, -0.1) is 5.10 Å². The molecule has 168 valence electrons. The van der Waals surface area contributed by atoms with Gasteiger partial charge in [0.05, 0.1) is 5.54 Å². The third kappa shape index (κ3) is 4.72. The zero-order valence-corrected chi connectivity index (χ0v) is 19.9. The minimum Gasteiger partial charge on any atom is -0.466 e. The van der Waals surface area contributed by atoms with Gasteiger partial charge in [0.2, 0.25) is 6.23 Å². The lowest BCUT2D eigenvalue weighted by molar-refractivity contribution is -0.00543. The summed E-state index contributed by atoms with van der Waals surface area (Å²) < 4.78 is 10.0. The highest BCUT2D eigenvalue weighted by Crippen LogP contribution is 2.42. The van der Waals surface area contributed by atoms with E-state index >= 15 is 0 Å². The molecule has 0 spiro atoms. The van der Waals surface area contributed by atoms with Crippen molar-refractivity contribution in [2.24, 2.45) is 5.41 Å². The first-order valence-electron chi connectivity index (χ1n) is 10.3. The lowest BCUT2D eigenvalue weighted by Gasteiger charge is -2.40. The number of tetrazole rings is 1. The van der Waals surface area contributed by atoms with E-state index in [1.54, 1.807) is 23.1 Å². The standard InChI is InChI=1S/C21H31ClN8O/c1-8-21(5,28(6)7)19-25-26-27-30(19)17(20(2,3)4)18(29-14-23-13-24-29)31-16-11-9-15(22)10-12-16/h9-14,17-18H,8H2,1-7H3. The van der Waals surface area contributed by atoms with E-state index in [0.29, 0.717) is 10.8 Å². The summed E-state index contributed by atoms with van der Waals surface area (Å²) in [6, 6.07) is 6.97. The van der Waals surface area contributed by atoms with Gasteiger partial charge in [0.25, 0.3) is 0 Å². The summed E-state index contributed by atoms with van der Waals surface area (Å²) >= 11 is 6.06. The van der Waals surface area contributed by atoms with Gasteiger partial charge in [-0.05, 0) is 67.5 Å². The van der Waals surface area contributed by atoms with E-state index in [2.05, 4.69) is 65.1 Å². The molecule has 31 heavy (non-hydrogen) atoms. The zero-order chi connectivity index (χ0) is 22.8. The average molecular weight is 447 g/mol. The van der Waals surface area contributed by atoms with Crippen molar-refractivity contribution in [3.8, 4) is 5.75 Å². The summed E-state index contributed by atoms with van der Waals surface area (Å²) in [7, 11) is 4.07. The molecular formula is C21H31ClN8O. The Morgan fingerprint density at radius 2 is 1.81 bits per heavy atom. The van der Waals surface area contributed by atoms with Crippen molar-refractivity contribution in [1.29, 1.82) is 0 Å². The molecule has 0 aliphatic rings. The molecule has 3 unspecified atom stereocenters. The van der Waals surface area contributed by atoms with Crippen LogP contribution in [0.2, 0.25) is 5.02 Å². The minimum absolute atomic E-state index is 0.284. The fraction of sp³-hybridized carbons (Fsp3) is 0.571. The first-order chi connectivity index (χ1) is 14.6. The zero-order valence-electron chi connectivity index (χ0n) is 19.2. The molecule has 1 aromatic carbocycles. The van der Waals surface area contributed by atoms with Gasteiger partial charge < -0.3 is 4.74 Å². The van der Waals surface area contributed by atoms with E-state index in [0.717, 1.165) is 12.2 Å². The maximum atomic E-state index is 6.46. The molecule has 2 heterocycles. The summed E-state index contributed by atoms with van der Waals surface area (Å²) in [6.45, 7) is 10.7. The van der Waals surface area contributed by atoms with Gasteiger partial charge in [-0.3, -0.25) is 4.90 Å². The Morgan fingerprint density at radius 1 is 1.13 bits per heavy atom. The summed E-state index contributed by atoms with van der Waals surface area (Å²) in [5.41, 5.74) is -0.645. The van der Waals surface area contributed by atoms with Gasteiger partial charge in [-0.2, -0.15) is 5.10 Å². The van der Waals surface area contributed by atoms with Crippen molar-refractivity contribution >= 4 is 11.6 Å². The van der Waals surface area contributed by atoms with Crippen LogP contribution in [0.1, 0.15) is 59.1 Å². The molecule has 0 aliphatic heterocycles. The smallest absolute Gasteiger partial charge is 0.215 e. The Morgan fingerprint density at radius 3 is 2.32 bits per heavy atom. The van der Waals surface area contributed by atoms with E-state index in [9.17, 15) is 0 Å². The second-order valence-corrected chi connectivity index (χ2v) is 9.55. The van der Waals surface area contributed by atoms with E-state index < -0.39 is 6.23 Å². The van der Waals surface area contributed by atoms with Crippen LogP contribution >= 0.6 is 11.6 Å². The number of aromatic nitrogens is 7. The van der Waals surface area contributed by atoms with Crippen LogP contribution in [0.4, 0.5) is 0 Å². The average Bonchev–Trinajstić information content (AvgIpc) is 3.39. The van der Waals surface area contributed by atoms with E-state index in [1.165, 1.54) is 6.33 Å². The Hall–Kier alpha value is -2.52. The molecule has 10 heteroatoms. The molecule has 0 saturated carbocycles. The Labute approximate surface area is 188 Å². The van der Waals surface area contributed by atoms with E-state index in [4.69, 9.17) is 16.3 Å². The Kier molecular flexibility index (Phi) is 6.66. The summed E-state index contributed by atoms with van der Waals surface area (Å²) in [6.07, 6.45) is 3.43. The first kappa shape index (κ1) is 23.1. The quantitative estimate of drug-likeness (QED) is 0.517. The van der Waals surface area contributed by atoms with E-state index in [1.807, 2.05) is 30.9 Å². The first-order valence-corrected chi connectivity index (χ1v) is 10.7. The molecule has 0 amide bonds. The molecule has 0 bridgehead atoms. The van der Waals surface area contributed by atoms with Crippen molar-refractivity contribution in [1.82, 2.24) is 39.9 Å². The lowest BCUT2D eigenvalue weighted by Crippen LogP contribution is -2.44. The largest absolute Gasteiger partial charge is 0.466 e. The normalized spacial score (nSPS) is 16.2. The fourth-order valence-corrected chi connectivity index (χ4v) is 3.72. The van der Waals surface area contributed by atoms with Crippen LogP contribution in [0, 0.1) is 5.41 Å². The monoisotopic (exact) mass is 446 g/mol. The highest BCUT2D eigenvalue weighted by atomic mass is 35.5. The number of hydrogen-bond donors (Lipinski definition) is 0. The van der Waals surface area contributed by atoms with Crippen LogP contribution < -0.4 is 4.74 Å². The lowest BCUT2D eigenvalue weighted by atomic mass is 9.84. The number of hydrogen-bond acceptors (Lipinski definition) is 7. The van der Waals surface area contributed by atoms with Gasteiger partial charge in [-0.1, -0.05) is 39.3 Å². The molecule has 2 aromatic heterocycles. The summed E-state index contributed by atoms with van der Waals surface area (Å²) in [5, 5.41) is 18.0. The van der Waals surface area contributed by atoms with E-state index in [-0.39, 0.29) is 17.0 Å². The molecule has 3 atom stereocenters. The number of nitrogens with zero attached hydrogens (tertiary/aromatic N) is 8. The highest BCUT2D eigenvalue weighted by Gasteiger charge is 2.43. The second kappa shape index (κ2) is 8.92. The number of benzene rings is 1. The van der Waals surface area contributed by atoms with Crippen molar-refractivity contribution < 1.29 is 4.74 Å². The van der Waals surface area contributed by atoms with Crippen LogP contribution in [0.5, 0.6) is 5.75 Å². The number of rotatable bonds is 8. The maximum absolute atomic E-state index is 6.46. The van der Waals surface area contributed by atoms with Crippen LogP contribution in [0.15, 0.2) is 36.9 Å². The number of halogens is 1. The van der Waals surface area contributed by atoms with Gasteiger partial charge in [-0.25, -0.2) is 14.3 Å². The van der Waals surface area contributed by atoms with Crippen molar-refractivity contribution in [3.05, 3.63) is 47.8 Å². The summed E-state index contributed by atoms with van der Waals surface area (Å²) in [5.74, 6) is 1.43. The number of ether oxygens (including phenoxy) is 1. The molecule has 3 rings (SSSR count). The van der Waals surface area contributed by atoms with Crippen molar-refractivity contribution in [3.63, 3.8) is 0 Å². The topological polar surface area (TPSA) is 86.8 Å². The second-order valence-electron chi connectivity index (χ2n) is 9.12. The third-order valence-corrected chi connectivity index (χ3v) is 6.09. The van der Waals surface area contributed by atoms with Gasteiger partial charge in [0.1, 0.15) is 24.4 Å². The fourth-order valence-electron chi connectivity index (χ4n) is 3.59. The van der Waals surface area contributed by atoms with Crippen molar-refractivity contribution in [2.75, 3.05) is 14.1 Å². The van der Waals surface area contributed by atoms with Gasteiger partial charge in [0.15, 0.2) is 5.82 Å². The minimum atomic E-state index is -0.547. The molecular weight excluding hydrogens is 416 g/mol. The molecule has 0 aliphatic carbocycles. The summed E-state index contributed by atoms with van der Waals surface area (Å²) in [4.78, 5) is 6.28. The molecule has 0 fully saturated rings. The molecule has 0 radical (unpaired) electrons. The predicted octanol–water partition coefficient (Wildman–Crippen LogP) is 3.97. The molecule has 3 aromatic rings. The maximum Gasteiger partial charge on any atom is 0.215 e. The van der Waals surface area contributed by atoms with Crippen LogP contribution in [0.25, 0.3) is 0 Å². The molecule has 9 nitrogen and oxygen atoms in total. The van der Waals surface area contributed by atoms with Crippen LogP contribution in [-0.2, 0) is 5.54 Å². The Balaban J connectivity index is 2.15. The molecule has 0 N–H and O–H groups in total. The highest BCUT2D eigenvalue weighted by molar-refractivity contribution is 6.30. The van der Waals surface area contributed by atoms with Crippen LogP contribution in [-0.4, -0.2) is 54.0 Å². The van der Waals surface area contributed by atoms with Crippen LogP contribution in [0.3, 0.4) is 0 Å². The predicted molar refractivity (Wildman–Crippen MR) is 119 cm³/mol. The molecule has 0 saturated heterocycles. The van der Waals surface area contributed by atoms with Gasteiger partial charge in [0, 0.05) is 5.02 Å². The Bertz CT molecular complexity index is 964. The SMILES string of the molecule is CCC(C)(c1nnnn1C(C(Oc1ccc(Cl)cc1)n1cncn1)C(C)(C)C)N(C)C. The third-order valence-electron chi connectivity index (χ3n) is 5.84. The van der Waals surface area contributed by atoms with Crippen molar-refractivity contribution in [2.45, 2.75) is 58.8 Å².